The molecule has 0 amide bonds. The predicted octanol–water partition coefficient (Wildman–Crippen LogP) is 6.63. The number of nitrogens with zero attached hydrogens (tertiary/aromatic N) is 3. The van der Waals surface area contributed by atoms with Gasteiger partial charge in [-0.05, 0) is 50.1 Å². The van der Waals surface area contributed by atoms with Crippen molar-refractivity contribution in [3.63, 3.8) is 0 Å². The molecule has 0 aliphatic rings. The van der Waals surface area contributed by atoms with Crippen molar-refractivity contribution in [1.29, 1.82) is 5.26 Å². The second-order valence-corrected chi connectivity index (χ2v) is 8.26. The Kier molecular flexibility index (Phi) is 5.88. The lowest BCUT2D eigenvalue weighted by atomic mass is 9.95. The Hall–Kier alpha value is -3.43. The van der Waals surface area contributed by atoms with Crippen LogP contribution >= 0.6 is 11.8 Å². The standard InChI is InChI=1S/C25H20FN3OS/c1-15-7-9-18(10-8-15)23-16(2)17(3)28-25(22(23)12-27)31-14-21-13-30-24(29-21)19-5-4-6-20(26)11-19/h4-11,13H,14H2,1-3H3. The fourth-order valence-corrected chi connectivity index (χ4v) is 4.24. The smallest absolute Gasteiger partial charge is 0.226 e. The van der Waals surface area contributed by atoms with E-state index in [9.17, 15) is 9.65 Å². The van der Waals surface area contributed by atoms with Crippen LogP contribution in [0.4, 0.5) is 4.39 Å². The molecule has 2 aromatic carbocycles. The molecule has 0 aliphatic heterocycles. The Labute approximate surface area is 184 Å². The maximum Gasteiger partial charge on any atom is 0.226 e. The highest BCUT2D eigenvalue weighted by atomic mass is 32.2. The summed E-state index contributed by atoms with van der Waals surface area (Å²) in [6, 6.07) is 16.6. The zero-order valence-corrected chi connectivity index (χ0v) is 18.3. The third kappa shape index (κ3) is 4.37. The van der Waals surface area contributed by atoms with E-state index in [1.54, 1.807) is 18.4 Å². The second-order valence-electron chi connectivity index (χ2n) is 7.30. The van der Waals surface area contributed by atoms with Crippen molar-refractivity contribution in [1.82, 2.24) is 9.97 Å². The number of rotatable bonds is 5. The van der Waals surface area contributed by atoms with Crippen molar-refractivity contribution in [2.75, 3.05) is 0 Å². The summed E-state index contributed by atoms with van der Waals surface area (Å²) in [4.78, 5) is 9.13. The number of nitriles is 1. The molecule has 2 heterocycles. The molecule has 154 valence electrons. The molecule has 0 bridgehead atoms. The number of halogens is 1. The number of aryl methyl sites for hydroxylation is 2. The van der Waals surface area contributed by atoms with Gasteiger partial charge in [-0.2, -0.15) is 5.26 Å². The molecule has 0 atom stereocenters. The molecule has 0 unspecified atom stereocenters. The lowest BCUT2D eigenvalue weighted by molar-refractivity contribution is 0.571. The van der Waals surface area contributed by atoms with Gasteiger partial charge >= 0.3 is 0 Å². The van der Waals surface area contributed by atoms with Crippen LogP contribution in [-0.2, 0) is 5.75 Å². The highest BCUT2D eigenvalue weighted by molar-refractivity contribution is 7.98. The summed E-state index contributed by atoms with van der Waals surface area (Å²) in [5.41, 5.74) is 6.81. The van der Waals surface area contributed by atoms with Gasteiger partial charge in [0, 0.05) is 22.6 Å². The van der Waals surface area contributed by atoms with Crippen molar-refractivity contribution >= 4 is 11.8 Å². The van der Waals surface area contributed by atoms with Crippen molar-refractivity contribution in [3.05, 3.63) is 88.7 Å². The molecule has 2 aromatic heterocycles. The van der Waals surface area contributed by atoms with Crippen molar-refractivity contribution in [2.45, 2.75) is 31.6 Å². The molecule has 31 heavy (non-hydrogen) atoms. The van der Waals surface area contributed by atoms with E-state index in [1.807, 2.05) is 45.0 Å². The van der Waals surface area contributed by atoms with Crippen LogP contribution in [-0.4, -0.2) is 9.97 Å². The van der Waals surface area contributed by atoms with E-state index >= 15 is 0 Å². The molecule has 0 aliphatic carbocycles. The van der Waals surface area contributed by atoms with Gasteiger partial charge in [-0.1, -0.05) is 47.7 Å². The molecular formula is C25H20FN3OS. The zero-order chi connectivity index (χ0) is 22.0. The molecule has 0 fully saturated rings. The van der Waals surface area contributed by atoms with E-state index in [0.29, 0.717) is 33.5 Å². The summed E-state index contributed by atoms with van der Waals surface area (Å²) in [5.74, 6) is 0.508. The van der Waals surface area contributed by atoms with Gasteiger partial charge in [0.2, 0.25) is 5.89 Å². The van der Waals surface area contributed by atoms with Crippen LogP contribution < -0.4 is 0 Å². The Morgan fingerprint density at radius 1 is 1.03 bits per heavy atom. The fourth-order valence-electron chi connectivity index (χ4n) is 3.33. The molecule has 0 saturated heterocycles. The van der Waals surface area contributed by atoms with Crippen LogP contribution in [0.3, 0.4) is 0 Å². The minimum absolute atomic E-state index is 0.340. The first-order chi connectivity index (χ1) is 15.0. The quantitative estimate of drug-likeness (QED) is 0.333. The molecule has 0 spiro atoms. The molecule has 4 rings (SSSR count). The molecule has 0 saturated carbocycles. The van der Waals surface area contributed by atoms with E-state index in [2.05, 4.69) is 16.0 Å². The fraction of sp³-hybridized carbons (Fsp3) is 0.160. The largest absolute Gasteiger partial charge is 0.444 e. The number of pyridine rings is 1. The predicted molar refractivity (Wildman–Crippen MR) is 120 cm³/mol. The van der Waals surface area contributed by atoms with Gasteiger partial charge in [0.15, 0.2) is 0 Å². The lowest BCUT2D eigenvalue weighted by Gasteiger charge is -2.14. The number of benzene rings is 2. The van der Waals surface area contributed by atoms with Crippen molar-refractivity contribution in [3.8, 4) is 28.7 Å². The molecular weight excluding hydrogens is 409 g/mol. The zero-order valence-electron chi connectivity index (χ0n) is 17.4. The number of hydrogen-bond acceptors (Lipinski definition) is 5. The van der Waals surface area contributed by atoms with E-state index in [0.717, 1.165) is 22.4 Å². The molecule has 6 heteroatoms. The van der Waals surface area contributed by atoms with Gasteiger partial charge in [0.05, 0.1) is 11.3 Å². The summed E-state index contributed by atoms with van der Waals surface area (Å²) in [6.45, 7) is 5.99. The molecule has 4 aromatic rings. The van der Waals surface area contributed by atoms with Crippen LogP contribution in [0.5, 0.6) is 0 Å². The maximum atomic E-state index is 13.5. The first kappa shape index (κ1) is 20.8. The third-order valence-electron chi connectivity index (χ3n) is 5.08. The summed E-state index contributed by atoms with van der Waals surface area (Å²) >= 11 is 1.44. The Morgan fingerprint density at radius 3 is 2.52 bits per heavy atom. The first-order valence-corrected chi connectivity index (χ1v) is 10.8. The average Bonchev–Trinajstić information content (AvgIpc) is 3.24. The molecule has 0 N–H and O–H groups in total. The van der Waals surface area contributed by atoms with Gasteiger partial charge in [-0.15, -0.1) is 0 Å². The Bertz CT molecular complexity index is 1290. The highest BCUT2D eigenvalue weighted by Crippen LogP contribution is 2.35. The van der Waals surface area contributed by atoms with Gasteiger partial charge in [0.25, 0.3) is 0 Å². The Morgan fingerprint density at radius 2 is 1.81 bits per heavy atom. The van der Waals surface area contributed by atoms with E-state index in [1.165, 1.54) is 29.5 Å². The van der Waals surface area contributed by atoms with Crippen LogP contribution in [0.15, 0.2) is 64.2 Å². The van der Waals surface area contributed by atoms with Gasteiger partial charge in [-0.3, -0.25) is 0 Å². The summed E-state index contributed by atoms with van der Waals surface area (Å²) in [6.07, 6.45) is 1.56. The first-order valence-electron chi connectivity index (χ1n) is 9.77. The van der Waals surface area contributed by atoms with Gasteiger partial charge in [-0.25, -0.2) is 14.4 Å². The summed E-state index contributed by atoms with van der Waals surface area (Å²) in [5, 5.41) is 10.6. The summed E-state index contributed by atoms with van der Waals surface area (Å²) in [7, 11) is 0. The molecule has 0 radical (unpaired) electrons. The van der Waals surface area contributed by atoms with Crippen LogP contribution in [0.25, 0.3) is 22.6 Å². The lowest BCUT2D eigenvalue weighted by Crippen LogP contribution is -2.00. The average molecular weight is 430 g/mol. The Balaban J connectivity index is 1.64. The van der Waals surface area contributed by atoms with Gasteiger partial charge in [0.1, 0.15) is 23.2 Å². The number of hydrogen-bond donors (Lipinski definition) is 0. The summed E-state index contributed by atoms with van der Waals surface area (Å²) < 4.78 is 19.0. The number of oxazole rings is 1. The number of thioether (sulfide) groups is 1. The highest BCUT2D eigenvalue weighted by Gasteiger charge is 2.18. The van der Waals surface area contributed by atoms with E-state index in [4.69, 9.17) is 4.42 Å². The SMILES string of the molecule is Cc1ccc(-c2c(C)c(C)nc(SCc3coc(-c4cccc(F)c4)n3)c2C#N)cc1. The van der Waals surface area contributed by atoms with Crippen molar-refractivity contribution < 1.29 is 8.81 Å². The minimum Gasteiger partial charge on any atom is -0.444 e. The monoisotopic (exact) mass is 429 g/mol. The van der Waals surface area contributed by atoms with Crippen LogP contribution in [0, 0.1) is 37.9 Å². The topological polar surface area (TPSA) is 62.7 Å². The second kappa shape index (κ2) is 8.75. The normalized spacial score (nSPS) is 10.8. The van der Waals surface area contributed by atoms with Crippen molar-refractivity contribution in [2.24, 2.45) is 0 Å². The van der Waals surface area contributed by atoms with Crippen LogP contribution in [0.2, 0.25) is 0 Å². The van der Waals surface area contributed by atoms with Gasteiger partial charge < -0.3 is 4.42 Å². The number of aromatic nitrogens is 2. The maximum absolute atomic E-state index is 13.5. The molecule has 4 nitrogen and oxygen atoms in total. The minimum atomic E-state index is -0.340. The van der Waals surface area contributed by atoms with E-state index < -0.39 is 0 Å². The third-order valence-corrected chi connectivity index (χ3v) is 6.09. The van der Waals surface area contributed by atoms with E-state index in [-0.39, 0.29) is 5.82 Å². The van der Waals surface area contributed by atoms with Crippen LogP contribution in [0.1, 0.15) is 28.1 Å².